The van der Waals surface area contributed by atoms with Gasteiger partial charge in [-0.15, -0.1) is 0 Å². The fraction of sp³-hybridized carbons (Fsp3) is 0.409. The standard InChI is InChI=1S/C22H28N2O3/c1-16(25)15-23-13-11-21(26)24-14-12-17-7-3-4-8-18(17)22(24)19-9-5-6-10-20(19)27-2/h3-10,16,22-23,25H,11-15H2,1-2H3/t16-,22+/m1/s1. The summed E-state index contributed by atoms with van der Waals surface area (Å²) in [6, 6.07) is 16.1. The lowest BCUT2D eigenvalue weighted by molar-refractivity contribution is -0.133. The number of nitrogens with zero attached hydrogens (tertiary/aromatic N) is 1. The van der Waals surface area contributed by atoms with Gasteiger partial charge in [0.2, 0.25) is 5.91 Å². The number of benzene rings is 2. The van der Waals surface area contributed by atoms with E-state index < -0.39 is 6.10 Å². The highest BCUT2D eigenvalue weighted by Crippen LogP contribution is 2.39. The second kappa shape index (κ2) is 9.02. The molecule has 0 radical (unpaired) electrons. The molecule has 1 aliphatic rings. The van der Waals surface area contributed by atoms with Crippen LogP contribution in [-0.2, 0) is 11.2 Å². The second-order valence-corrected chi connectivity index (χ2v) is 6.98. The van der Waals surface area contributed by atoms with Crippen LogP contribution in [0.3, 0.4) is 0 Å². The van der Waals surface area contributed by atoms with Crippen LogP contribution < -0.4 is 10.1 Å². The number of aliphatic hydroxyl groups excluding tert-OH is 1. The highest BCUT2D eigenvalue weighted by Gasteiger charge is 2.33. The molecule has 2 atom stereocenters. The maximum atomic E-state index is 13.0. The van der Waals surface area contributed by atoms with Crippen LogP contribution in [0.2, 0.25) is 0 Å². The van der Waals surface area contributed by atoms with E-state index in [4.69, 9.17) is 4.74 Å². The molecule has 0 fully saturated rings. The van der Waals surface area contributed by atoms with Gasteiger partial charge in [-0.25, -0.2) is 0 Å². The van der Waals surface area contributed by atoms with Crippen molar-refractivity contribution >= 4 is 5.91 Å². The van der Waals surface area contributed by atoms with Crippen molar-refractivity contribution in [3.8, 4) is 5.75 Å². The molecule has 5 heteroatoms. The number of rotatable bonds is 7. The lowest BCUT2D eigenvalue weighted by atomic mass is 9.87. The zero-order chi connectivity index (χ0) is 19.2. The van der Waals surface area contributed by atoms with Crippen LogP contribution in [-0.4, -0.2) is 48.8 Å². The summed E-state index contributed by atoms with van der Waals surface area (Å²) < 4.78 is 5.59. The molecule has 0 bridgehead atoms. The summed E-state index contributed by atoms with van der Waals surface area (Å²) in [5.41, 5.74) is 3.46. The van der Waals surface area contributed by atoms with Crippen molar-refractivity contribution in [2.75, 3.05) is 26.7 Å². The number of hydrogen-bond donors (Lipinski definition) is 2. The third kappa shape index (κ3) is 4.49. The van der Waals surface area contributed by atoms with Gasteiger partial charge in [-0.05, 0) is 30.5 Å². The normalized spacial score (nSPS) is 17.3. The fourth-order valence-electron chi connectivity index (χ4n) is 3.71. The van der Waals surface area contributed by atoms with Gasteiger partial charge >= 0.3 is 0 Å². The van der Waals surface area contributed by atoms with E-state index in [1.165, 1.54) is 11.1 Å². The van der Waals surface area contributed by atoms with Gasteiger partial charge < -0.3 is 20.1 Å². The molecule has 5 nitrogen and oxygen atoms in total. The number of hydrogen-bond acceptors (Lipinski definition) is 4. The minimum absolute atomic E-state index is 0.110. The molecule has 0 unspecified atom stereocenters. The van der Waals surface area contributed by atoms with Crippen molar-refractivity contribution in [1.29, 1.82) is 0 Å². The Labute approximate surface area is 161 Å². The number of carbonyl (C=O) groups is 1. The van der Waals surface area contributed by atoms with Gasteiger partial charge in [-0.3, -0.25) is 4.79 Å². The molecule has 3 rings (SSSR count). The van der Waals surface area contributed by atoms with Crippen molar-refractivity contribution in [3.63, 3.8) is 0 Å². The molecule has 0 spiro atoms. The van der Waals surface area contributed by atoms with Crippen LogP contribution in [0, 0.1) is 0 Å². The zero-order valence-electron chi connectivity index (χ0n) is 16.0. The Bertz CT molecular complexity index is 776. The predicted molar refractivity (Wildman–Crippen MR) is 106 cm³/mol. The smallest absolute Gasteiger partial charge is 0.224 e. The lowest BCUT2D eigenvalue weighted by Crippen LogP contribution is -2.42. The zero-order valence-corrected chi connectivity index (χ0v) is 16.0. The number of carbonyl (C=O) groups excluding carboxylic acids is 1. The lowest BCUT2D eigenvalue weighted by Gasteiger charge is -2.38. The summed E-state index contributed by atoms with van der Waals surface area (Å²) in [6.45, 7) is 3.47. The van der Waals surface area contributed by atoms with Crippen LogP contribution in [0.4, 0.5) is 0 Å². The molecule has 2 aromatic rings. The largest absolute Gasteiger partial charge is 0.496 e. The van der Waals surface area contributed by atoms with Crippen molar-refractivity contribution < 1.29 is 14.6 Å². The monoisotopic (exact) mass is 368 g/mol. The molecule has 1 heterocycles. The quantitative estimate of drug-likeness (QED) is 0.738. The molecule has 0 saturated carbocycles. The van der Waals surface area contributed by atoms with Crippen LogP contribution in [0.1, 0.15) is 36.1 Å². The van der Waals surface area contributed by atoms with E-state index in [1.807, 2.05) is 35.2 Å². The van der Waals surface area contributed by atoms with Crippen molar-refractivity contribution in [3.05, 3.63) is 65.2 Å². The van der Waals surface area contributed by atoms with E-state index in [0.717, 1.165) is 17.7 Å². The fourth-order valence-corrected chi connectivity index (χ4v) is 3.71. The van der Waals surface area contributed by atoms with Gasteiger partial charge in [-0.1, -0.05) is 42.5 Å². The number of fused-ring (bicyclic) bond motifs is 1. The Kier molecular flexibility index (Phi) is 6.48. The summed E-state index contributed by atoms with van der Waals surface area (Å²) in [6.07, 6.45) is 0.846. The number of ether oxygens (including phenoxy) is 1. The minimum Gasteiger partial charge on any atom is -0.496 e. The van der Waals surface area contributed by atoms with Crippen molar-refractivity contribution in [1.82, 2.24) is 10.2 Å². The van der Waals surface area contributed by atoms with Gasteiger partial charge in [0.05, 0.1) is 19.3 Å². The average Bonchev–Trinajstić information content (AvgIpc) is 2.70. The molecule has 2 N–H and O–H groups in total. The highest BCUT2D eigenvalue weighted by molar-refractivity contribution is 5.78. The Morgan fingerprint density at radius 1 is 1.22 bits per heavy atom. The molecule has 2 aromatic carbocycles. The van der Waals surface area contributed by atoms with E-state index >= 15 is 0 Å². The molecule has 0 saturated heterocycles. The molecule has 1 aliphatic heterocycles. The number of para-hydroxylation sites is 1. The van der Waals surface area contributed by atoms with Gasteiger partial charge in [0.25, 0.3) is 0 Å². The van der Waals surface area contributed by atoms with Crippen LogP contribution in [0.25, 0.3) is 0 Å². The van der Waals surface area contributed by atoms with Crippen molar-refractivity contribution in [2.45, 2.75) is 31.9 Å². The van der Waals surface area contributed by atoms with E-state index in [2.05, 4.69) is 23.5 Å². The molecule has 0 aliphatic carbocycles. The summed E-state index contributed by atoms with van der Waals surface area (Å²) in [5, 5.41) is 12.5. The summed E-state index contributed by atoms with van der Waals surface area (Å²) in [7, 11) is 1.67. The SMILES string of the molecule is COc1ccccc1[C@@H]1c2ccccc2CCN1C(=O)CCNC[C@@H](C)O. The first-order valence-corrected chi connectivity index (χ1v) is 9.50. The first-order valence-electron chi connectivity index (χ1n) is 9.50. The molecule has 0 aromatic heterocycles. The molecule has 1 amide bonds. The second-order valence-electron chi connectivity index (χ2n) is 6.98. The average molecular weight is 368 g/mol. The van der Waals surface area contributed by atoms with Gasteiger partial charge in [0, 0.05) is 31.6 Å². The predicted octanol–water partition coefficient (Wildman–Crippen LogP) is 2.53. The van der Waals surface area contributed by atoms with E-state index in [9.17, 15) is 9.90 Å². The maximum absolute atomic E-state index is 13.0. The Morgan fingerprint density at radius 2 is 1.93 bits per heavy atom. The topological polar surface area (TPSA) is 61.8 Å². The summed E-state index contributed by atoms with van der Waals surface area (Å²) in [5.74, 6) is 0.905. The van der Waals surface area contributed by atoms with Crippen molar-refractivity contribution in [2.24, 2.45) is 0 Å². The number of methoxy groups -OCH3 is 1. The summed E-state index contributed by atoms with van der Waals surface area (Å²) >= 11 is 0. The van der Waals surface area contributed by atoms with Gasteiger partial charge in [0.15, 0.2) is 0 Å². The number of aliphatic hydroxyl groups is 1. The first kappa shape index (κ1) is 19.4. The van der Waals surface area contributed by atoms with E-state index in [1.54, 1.807) is 14.0 Å². The molecular weight excluding hydrogens is 340 g/mol. The van der Waals surface area contributed by atoms with Crippen LogP contribution >= 0.6 is 0 Å². The third-order valence-corrected chi connectivity index (χ3v) is 4.99. The molecular formula is C22H28N2O3. The van der Waals surface area contributed by atoms with Gasteiger partial charge in [0.1, 0.15) is 5.75 Å². The number of amides is 1. The molecule has 27 heavy (non-hydrogen) atoms. The Hall–Kier alpha value is -2.37. The molecule has 144 valence electrons. The van der Waals surface area contributed by atoms with Gasteiger partial charge in [-0.2, -0.15) is 0 Å². The summed E-state index contributed by atoms with van der Waals surface area (Å²) in [4.78, 5) is 15.0. The highest BCUT2D eigenvalue weighted by atomic mass is 16.5. The maximum Gasteiger partial charge on any atom is 0.224 e. The van der Waals surface area contributed by atoms with Crippen LogP contribution in [0.5, 0.6) is 5.75 Å². The Morgan fingerprint density at radius 3 is 2.67 bits per heavy atom. The first-order chi connectivity index (χ1) is 13.1. The van der Waals surface area contributed by atoms with Crippen LogP contribution in [0.15, 0.2) is 48.5 Å². The minimum atomic E-state index is -0.414. The number of nitrogens with one attached hydrogen (secondary N) is 1. The van der Waals surface area contributed by atoms with E-state index in [-0.39, 0.29) is 11.9 Å². The third-order valence-electron chi connectivity index (χ3n) is 4.99. The van der Waals surface area contributed by atoms with E-state index in [0.29, 0.717) is 26.1 Å². The Balaban J connectivity index is 1.87.